The molecule has 1 atom stereocenters. The standard InChI is InChI=1S/C8H17N.C6H6N2O.C2H6/c1-7(9)8-5-3-2-4-6-8;9-5-8-6-1-3-7-4-2-6;1-2/h7-8H,2-6,9H2,1H3;1-5H,(H,7,8,9);1-2H3. The summed E-state index contributed by atoms with van der Waals surface area (Å²) in [5.74, 6) is 0.832. The fraction of sp³-hybridized carbons (Fsp3) is 0.625. The number of nitrogens with one attached hydrogen (secondary N) is 1. The maximum atomic E-state index is 9.84. The van der Waals surface area contributed by atoms with E-state index in [4.69, 9.17) is 5.73 Å². The Morgan fingerprint density at radius 3 is 2.20 bits per heavy atom. The van der Waals surface area contributed by atoms with Crippen molar-refractivity contribution >= 4 is 12.1 Å². The van der Waals surface area contributed by atoms with Gasteiger partial charge >= 0.3 is 0 Å². The zero-order valence-corrected chi connectivity index (χ0v) is 13.0. The number of pyridine rings is 1. The molecule has 4 heteroatoms. The first kappa shape index (κ1) is 18.6. The van der Waals surface area contributed by atoms with Gasteiger partial charge in [-0.25, -0.2) is 0 Å². The van der Waals surface area contributed by atoms with E-state index < -0.39 is 0 Å². The van der Waals surface area contributed by atoms with Gasteiger partial charge in [0.1, 0.15) is 0 Å². The average Bonchev–Trinajstić information content (AvgIpc) is 2.52. The molecule has 0 aliphatic heterocycles. The highest BCUT2D eigenvalue weighted by Crippen LogP contribution is 2.25. The summed E-state index contributed by atoms with van der Waals surface area (Å²) in [5.41, 5.74) is 6.53. The Morgan fingerprint density at radius 2 is 1.80 bits per heavy atom. The van der Waals surface area contributed by atoms with E-state index in [1.807, 2.05) is 13.8 Å². The van der Waals surface area contributed by atoms with Gasteiger partial charge in [-0.3, -0.25) is 9.78 Å². The molecule has 114 valence electrons. The highest BCUT2D eigenvalue weighted by Gasteiger charge is 2.16. The molecule has 0 saturated heterocycles. The number of carbonyl (C=O) groups excluding carboxylic acids is 1. The van der Waals surface area contributed by atoms with Crippen molar-refractivity contribution in [2.75, 3.05) is 5.32 Å². The predicted octanol–water partition coefficient (Wildman–Crippen LogP) is 3.59. The molecule has 4 nitrogen and oxygen atoms in total. The van der Waals surface area contributed by atoms with E-state index in [1.54, 1.807) is 24.5 Å². The molecular formula is C16H29N3O. The Balaban J connectivity index is 0.000000321. The van der Waals surface area contributed by atoms with E-state index in [0.717, 1.165) is 11.6 Å². The number of nitrogens with two attached hydrogens (primary N) is 1. The van der Waals surface area contributed by atoms with Gasteiger partial charge in [0, 0.05) is 24.1 Å². The molecule has 1 aliphatic carbocycles. The van der Waals surface area contributed by atoms with Crippen LogP contribution < -0.4 is 11.1 Å². The quantitative estimate of drug-likeness (QED) is 0.831. The van der Waals surface area contributed by atoms with Gasteiger partial charge in [0.2, 0.25) is 6.41 Å². The van der Waals surface area contributed by atoms with Gasteiger partial charge in [0.25, 0.3) is 0 Å². The van der Waals surface area contributed by atoms with Crippen molar-refractivity contribution in [1.82, 2.24) is 4.98 Å². The first-order valence-electron chi connectivity index (χ1n) is 7.60. The van der Waals surface area contributed by atoms with Crippen LogP contribution in [0.2, 0.25) is 0 Å². The molecule has 0 bridgehead atoms. The minimum Gasteiger partial charge on any atom is -0.329 e. The average molecular weight is 279 g/mol. The number of rotatable bonds is 3. The highest BCUT2D eigenvalue weighted by atomic mass is 16.1. The summed E-state index contributed by atoms with van der Waals surface area (Å²) in [6.07, 6.45) is 10.9. The maximum Gasteiger partial charge on any atom is 0.211 e. The Bertz CT molecular complexity index is 322. The monoisotopic (exact) mass is 279 g/mol. The lowest BCUT2D eigenvalue weighted by Gasteiger charge is -2.24. The van der Waals surface area contributed by atoms with Crippen molar-refractivity contribution in [3.8, 4) is 0 Å². The van der Waals surface area contributed by atoms with Gasteiger partial charge in [-0.1, -0.05) is 33.1 Å². The number of anilines is 1. The molecule has 2 rings (SSSR count). The third-order valence-electron chi connectivity index (χ3n) is 3.30. The van der Waals surface area contributed by atoms with Gasteiger partial charge in [-0.2, -0.15) is 0 Å². The molecule has 1 aromatic heterocycles. The van der Waals surface area contributed by atoms with Crippen LogP contribution in [0.25, 0.3) is 0 Å². The molecule has 1 aliphatic rings. The van der Waals surface area contributed by atoms with Crippen LogP contribution in [-0.4, -0.2) is 17.4 Å². The van der Waals surface area contributed by atoms with E-state index in [1.165, 1.54) is 32.1 Å². The van der Waals surface area contributed by atoms with E-state index in [2.05, 4.69) is 17.2 Å². The number of carbonyl (C=O) groups is 1. The number of hydrogen-bond donors (Lipinski definition) is 2. The number of amides is 1. The zero-order valence-electron chi connectivity index (χ0n) is 13.0. The lowest BCUT2D eigenvalue weighted by atomic mass is 9.85. The largest absolute Gasteiger partial charge is 0.329 e. The van der Waals surface area contributed by atoms with Gasteiger partial charge in [-0.15, -0.1) is 0 Å². The lowest BCUT2D eigenvalue weighted by Crippen LogP contribution is -2.27. The van der Waals surface area contributed by atoms with Crippen LogP contribution in [0.3, 0.4) is 0 Å². The number of aromatic nitrogens is 1. The van der Waals surface area contributed by atoms with Crippen LogP contribution in [0.15, 0.2) is 24.5 Å². The van der Waals surface area contributed by atoms with Crippen LogP contribution in [0, 0.1) is 5.92 Å². The van der Waals surface area contributed by atoms with Crippen molar-refractivity contribution in [3.05, 3.63) is 24.5 Å². The van der Waals surface area contributed by atoms with Gasteiger partial charge < -0.3 is 11.1 Å². The lowest BCUT2D eigenvalue weighted by molar-refractivity contribution is -0.105. The summed E-state index contributed by atoms with van der Waals surface area (Å²) >= 11 is 0. The summed E-state index contributed by atoms with van der Waals surface area (Å²) in [5, 5.41) is 2.49. The third kappa shape index (κ3) is 8.64. The first-order chi connectivity index (χ1) is 9.74. The summed E-state index contributed by atoms with van der Waals surface area (Å²) in [6.45, 7) is 6.13. The molecule has 1 fully saturated rings. The second-order valence-electron chi connectivity index (χ2n) is 4.76. The summed E-state index contributed by atoms with van der Waals surface area (Å²) < 4.78 is 0. The molecule has 1 amide bonds. The van der Waals surface area contributed by atoms with E-state index in [-0.39, 0.29) is 0 Å². The minimum absolute atomic E-state index is 0.435. The van der Waals surface area contributed by atoms with Crippen LogP contribution >= 0.6 is 0 Å². The van der Waals surface area contributed by atoms with Crippen LogP contribution in [0.5, 0.6) is 0 Å². The number of nitrogens with zero attached hydrogens (tertiary/aromatic N) is 1. The number of hydrogen-bond acceptors (Lipinski definition) is 3. The van der Waals surface area contributed by atoms with E-state index in [0.29, 0.717) is 12.5 Å². The zero-order chi connectivity index (χ0) is 15.2. The van der Waals surface area contributed by atoms with Gasteiger partial charge in [0.15, 0.2) is 0 Å². The maximum absolute atomic E-state index is 9.84. The third-order valence-corrected chi connectivity index (χ3v) is 3.30. The molecule has 3 N–H and O–H groups in total. The van der Waals surface area contributed by atoms with E-state index >= 15 is 0 Å². The second kappa shape index (κ2) is 12.6. The predicted molar refractivity (Wildman–Crippen MR) is 85.5 cm³/mol. The smallest absolute Gasteiger partial charge is 0.211 e. The Kier molecular flexibility index (Phi) is 11.7. The fourth-order valence-corrected chi connectivity index (χ4v) is 2.18. The highest BCUT2D eigenvalue weighted by molar-refractivity contribution is 5.70. The van der Waals surface area contributed by atoms with Crippen molar-refractivity contribution < 1.29 is 4.79 Å². The summed E-state index contributed by atoms with van der Waals surface area (Å²) in [4.78, 5) is 13.6. The molecule has 1 heterocycles. The molecular weight excluding hydrogens is 250 g/mol. The molecule has 1 saturated carbocycles. The molecule has 0 aromatic carbocycles. The van der Waals surface area contributed by atoms with Crippen molar-refractivity contribution in [3.63, 3.8) is 0 Å². The molecule has 1 unspecified atom stereocenters. The van der Waals surface area contributed by atoms with Crippen LogP contribution in [0.1, 0.15) is 52.9 Å². The molecule has 0 radical (unpaired) electrons. The molecule has 1 aromatic rings. The van der Waals surface area contributed by atoms with Crippen molar-refractivity contribution in [2.24, 2.45) is 11.7 Å². The molecule has 20 heavy (non-hydrogen) atoms. The van der Waals surface area contributed by atoms with Crippen LogP contribution in [-0.2, 0) is 4.79 Å². The van der Waals surface area contributed by atoms with E-state index in [9.17, 15) is 4.79 Å². The van der Waals surface area contributed by atoms with Crippen molar-refractivity contribution in [2.45, 2.75) is 58.9 Å². The minimum atomic E-state index is 0.435. The Morgan fingerprint density at radius 1 is 1.25 bits per heavy atom. The normalized spacial score (nSPS) is 15.8. The van der Waals surface area contributed by atoms with Gasteiger partial charge in [-0.05, 0) is 37.8 Å². The molecule has 0 spiro atoms. The first-order valence-corrected chi connectivity index (χ1v) is 7.60. The fourth-order valence-electron chi connectivity index (χ4n) is 2.18. The second-order valence-corrected chi connectivity index (χ2v) is 4.76. The van der Waals surface area contributed by atoms with Crippen LogP contribution in [0.4, 0.5) is 5.69 Å². The van der Waals surface area contributed by atoms with Crippen molar-refractivity contribution in [1.29, 1.82) is 0 Å². The topological polar surface area (TPSA) is 68.0 Å². The summed E-state index contributed by atoms with van der Waals surface area (Å²) in [7, 11) is 0. The summed E-state index contributed by atoms with van der Waals surface area (Å²) in [6, 6.07) is 3.87. The van der Waals surface area contributed by atoms with Gasteiger partial charge in [0.05, 0.1) is 0 Å². The SMILES string of the molecule is CC.CC(N)C1CCCCC1.O=CNc1ccncc1. The Labute approximate surface area is 123 Å². The Hall–Kier alpha value is -1.42.